The van der Waals surface area contributed by atoms with Gasteiger partial charge < -0.3 is 14.4 Å². The molecule has 0 saturated heterocycles. The second-order valence-electron chi connectivity index (χ2n) is 5.56. The van der Waals surface area contributed by atoms with Crippen LogP contribution < -0.4 is 10.3 Å². The number of hydrogen-bond acceptors (Lipinski definition) is 5. The molecule has 124 valence electrons. The fraction of sp³-hybridized carbons (Fsp3) is 0.0500. The van der Waals surface area contributed by atoms with E-state index in [9.17, 15) is 9.90 Å². The number of phenols is 1. The Morgan fingerprint density at radius 3 is 2.64 bits per heavy atom. The number of para-hydroxylation sites is 1. The summed E-state index contributed by atoms with van der Waals surface area (Å²) in [7, 11) is 1.44. The lowest BCUT2D eigenvalue weighted by atomic mass is 9.93. The molecule has 5 nitrogen and oxygen atoms in total. The van der Waals surface area contributed by atoms with Gasteiger partial charge in [-0.2, -0.15) is 4.89 Å². The summed E-state index contributed by atoms with van der Waals surface area (Å²) in [5.41, 5.74) is 2.72. The van der Waals surface area contributed by atoms with Crippen molar-refractivity contribution < 1.29 is 19.3 Å². The van der Waals surface area contributed by atoms with Crippen LogP contribution in [-0.2, 0) is 4.89 Å². The van der Waals surface area contributed by atoms with Crippen LogP contribution in [0.25, 0.3) is 33.4 Å². The van der Waals surface area contributed by atoms with Gasteiger partial charge in [0.15, 0.2) is 11.2 Å². The van der Waals surface area contributed by atoms with E-state index in [0.717, 1.165) is 22.1 Å². The van der Waals surface area contributed by atoms with Gasteiger partial charge in [0.2, 0.25) is 0 Å². The molecule has 2 aromatic rings. The van der Waals surface area contributed by atoms with Crippen LogP contribution in [0.15, 0.2) is 69.9 Å². The molecule has 0 spiro atoms. The lowest BCUT2D eigenvalue weighted by Crippen LogP contribution is -2.00. The fourth-order valence-electron chi connectivity index (χ4n) is 2.98. The van der Waals surface area contributed by atoms with Crippen LogP contribution in [0, 0.1) is 0 Å². The summed E-state index contributed by atoms with van der Waals surface area (Å²) >= 11 is 0. The maximum Gasteiger partial charge on any atom is 0.182 e. The predicted octanol–water partition coefficient (Wildman–Crippen LogP) is 4.21. The van der Waals surface area contributed by atoms with Crippen molar-refractivity contribution in [2.75, 3.05) is 7.11 Å². The number of aromatic hydroxyl groups is 1. The van der Waals surface area contributed by atoms with Gasteiger partial charge in [0.05, 0.1) is 7.11 Å². The van der Waals surface area contributed by atoms with Gasteiger partial charge >= 0.3 is 0 Å². The zero-order chi connectivity index (χ0) is 17.4. The highest BCUT2D eigenvalue weighted by Crippen LogP contribution is 2.43. The van der Waals surface area contributed by atoms with Crippen LogP contribution in [0.5, 0.6) is 11.5 Å². The SMILES string of the molecule is COOc1ccccc1-c1c2ccc(=O)cc-2oc2cc(O)ccc12. The second kappa shape index (κ2) is 5.96. The first-order chi connectivity index (χ1) is 12.2. The van der Waals surface area contributed by atoms with Crippen molar-refractivity contribution in [1.82, 2.24) is 0 Å². The molecule has 1 aliphatic carbocycles. The van der Waals surface area contributed by atoms with Crippen LogP contribution in [0.4, 0.5) is 0 Å². The number of fused-ring (bicyclic) bond motifs is 2. The normalized spacial score (nSPS) is 11.1. The van der Waals surface area contributed by atoms with E-state index < -0.39 is 0 Å². The summed E-state index contributed by atoms with van der Waals surface area (Å²) in [6.07, 6.45) is 0. The molecule has 0 bridgehead atoms. The molecule has 0 aromatic heterocycles. The Kier molecular flexibility index (Phi) is 3.63. The molecule has 25 heavy (non-hydrogen) atoms. The van der Waals surface area contributed by atoms with Crippen LogP contribution in [0.3, 0.4) is 0 Å². The van der Waals surface area contributed by atoms with Crippen LogP contribution in [-0.4, -0.2) is 12.2 Å². The van der Waals surface area contributed by atoms with Crippen molar-refractivity contribution in [3.63, 3.8) is 0 Å². The largest absolute Gasteiger partial charge is 0.508 e. The highest BCUT2D eigenvalue weighted by atomic mass is 17.2. The molecule has 4 rings (SSSR count). The van der Waals surface area contributed by atoms with Crippen LogP contribution in [0.1, 0.15) is 0 Å². The van der Waals surface area contributed by atoms with E-state index in [1.807, 2.05) is 18.2 Å². The van der Waals surface area contributed by atoms with Crippen molar-refractivity contribution in [3.05, 3.63) is 70.9 Å². The minimum absolute atomic E-state index is 0.0845. The topological polar surface area (TPSA) is 68.9 Å². The van der Waals surface area contributed by atoms with Crippen molar-refractivity contribution in [2.24, 2.45) is 0 Å². The first-order valence-corrected chi connectivity index (χ1v) is 7.67. The molecule has 1 N–H and O–H groups in total. The van der Waals surface area contributed by atoms with Gasteiger partial charge in [-0.1, -0.05) is 18.2 Å². The third-order valence-corrected chi connectivity index (χ3v) is 4.01. The Bertz CT molecular complexity index is 1100. The van der Waals surface area contributed by atoms with E-state index in [0.29, 0.717) is 17.1 Å². The van der Waals surface area contributed by atoms with Gasteiger partial charge in [-0.3, -0.25) is 4.79 Å². The van der Waals surface area contributed by atoms with Crippen molar-refractivity contribution >= 4 is 11.0 Å². The van der Waals surface area contributed by atoms with E-state index in [4.69, 9.17) is 14.2 Å². The maximum atomic E-state index is 11.7. The van der Waals surface area contributed by atoms with E-state index in [2.05, 4.69) is 0 Å². The number of phenolic OH excluding ortho intramolecular Hbond substituents is 1. The average Bonchev–Trinajstić information content (AvgIpc) is 2.60. The third-order valence-electron chi connectivity index (χ3n) is 4.01. The van der Waals surface area contributed by atoms with Crippen LogP contribution >= 0.6 is 0 Å². The predicted molar refractivity (Wildman–Crippen MR) is 93.8 cm³/mol. The molecule has 2 aromatic carbocycles. The molecule has 0 fully saturated rings. The summed E-state index contributed by atoms with van der Waals surface area (Å²) in [6.45, 7) is 0. The number of rotatable bonds is 3. The minimum Gasteiger partial charge on any atom is -0.508 e. The average molecular weight is 334 g/mol. The first-order valence-electron chi connectivity index (χ1n) is 7.67. The molecule has 5 heteroatoms. The van der Waals surface area contributed by atoms with E-state index in [1.165, 1.54) is 25.3 Å². The van der Waals surface area contributed by atoms with Gasteiger partial charge in [-0.15, -0.1) is 0 Å². The summed E-state index contributed by atoms with van der Waals surface area (Å²) in [5, 5.41) is 10.6. The molecule has 0 unspecified atom stereocenters. The lowest BCUT2D eigenvalue weighted by Gasteiger charge is -2.16. The zero-order valence-electron chi connectivity index (χ0n) is 13.4. The Morgan fingerprint density at radius 2 is 1.80 bits per heavy atom. The van der Waals surface area contributed by atoms with Crippen molar-refractivity contribution in [1.29, 1.82) is 0 Å². The molecule has 0 amide bonds. The molecule has 2 aliphatic rings. The van der Waals surface area contributed by atoms with Crippen molar-refractivity contribution in [3.8, 4) is 33.9 Å². The fourth-order valence-corrected chi connectivity index (χ4v) is 2.98. The van der Waals surface area contributed by atoms with Gasteiger partial charge in [0.25, 0.3) is 0 Å². The monoisotopic (exact) mass is 334 g/mol. The first kappa shape index (κ1) is 15.2. The molecular weight excluding hydrogens is 320 g/mol. The maximum absolute atomic E-state index is 11.7. The Morgan fingerprint density at radius 1 is 0.960 bits per heavy atom. The zero-order valence-corrected chi connectivity index (χ0v) is 13.4. The smallest absolute Gasteiger partial charge is 0.182 e. The van der Waals surface area contributed by atoms with Gasteiger partial charge in [0, 0.05) is 34.2 Å². The third kappa shape index (κ3) is 2.60. The lowest BCUT2D eigenvalue weighted by molar-refractivity contribution is -0.177. The molecular formula is C20H14O5. The van der Waals surface area contributed by atoms with E-state index >= 15 is 0 Å². The van der Waals surface area contributed by atoms with Gasteiger partial charge in [-0.25, -0.2) is 0 Å². The summed E-state index contributed by atoms with van der Waals surface area (Å²) in [5.74, 6) is 1.06. The van der Waals surface area contributed by atoms with E-state index in [1.54, 1.807) is 24.3 Å². The second-order valence-corrected chi connectivity index (χ2v) is 5.56. The standard InChI is InChI=1S/C20H14O5/c1-23-25-17-5-3-2-4-14(17)20-15-8-6-12(21)10-18(15)24-19-11-13(22)7-9-16(19)20/h2-11,21H,1H3. The van der Waals surface area contributed by atoms with E-state index in [-0.39, 0.29) is 11.2 Å². The number of hydrogen-bond donors (Lipinski definition) is 1. The Balaban J connectivity index is 2.16. The van der Waals surface area contributed by atoms with Crippen molar-refractivity contribution in [2.45, 2.75) is 0 Å². The Hall–Kier alpha value is -3.31. The molecule has 0 saturated carbocycles. The van der Waals surface area contributed by atoms with Crippen LogP contribution in [0.2, 0.25) is 0 Å². The quantitative estimate of drug-likeness (QED) is 0.345. The molecule has 0 atom stereocenters. The summed E-state index contributed by atoms with van der Waals surface area (Å²) in [4.78, 5) is 21.9. The molecule has 1 heterocycles. The molecule has 1 aliphatic heterocycles. The minimum atomic E-state index is -0.150. The summed E-state index contributed by atoms with van der Waals surface area (Å²) < 4.78 is 5.84. The highest BCUT2D eigenvalue weighted by Gasteiger charge is 2.20. The number of benzene rings is 3. The van der Waals surface area contributed by atoms with Gasteiger partial charge in [-0.05, 0) is 30.3 Å². The van der Waals surface area contributed by atoms with Gasteiger partial charge in [0.1, 0.15) is 17.1 Å². The highest BCUT2D eigenvalue weighted by molar-refractivity contribution is 6.03. The molecule has 0 radical (unpaired) electrons. The Labute approximate surface area is 142 Å². The summed E-state index contributed by atoms with van der Waals surface area (Å²) in [6, 6.07) is 17.0.